The number of benzene rings is 3. The average Bonchev–Trinajstić information content (AvgIpc) is 3.37. The van der Waals surface area contributed by atoms with Crippen LogP contribution in [0.3, 0.4) is 0 Å². The van der Waals surface area contributed by atoms with Crippen LogP contribution in [-0.4, -0.2) is 51.5 Å². The molecule has 0 saturated carbocycles. The Kier molecular flexibility index (Phi) is 7.05. The fourth-order valence-corrected chi connectivity index (χ4v) is 5.29. The SMILES string of the molecule is O=C(/C=C/c1ccc(Cl)cc1)N1CCN(c2ncnc3c2c(-c2ccccc2)cn3-c2ccccc2Cl)CC1. The molecular formula is C31H25Cl2N5O. The van der Waals surface area contributed by atoms with E-state index in [9.17, 15) is 4.79 Å². The van der Waals surface area contributed by atoms with Gasteiger partial charge in [-0.05, 0) is 41.5 Å². The summed E-state index contributed by atoms with van der Waals surface area (Å²) in [5.74, 6) is 0.848. The van der Waals surface area contributed by atoms with Crippen molar-refractivity contribution in [1.29, 1.82) is 0 Å². The Labute approximate surface area is 236 Å². The monoisotopic (exact) mass is 553 g/mol. The minimum absolute atomic E-state index is 0.00715. The van der Waals surface area contributed by atoms with Crippen molar-refractivity contribution in [2.75, 3.05) is 31.1 Å². The molecule has 0 spiro atoms. The zero-order valence-corrected chi connectivity index (χ0v) is 22.6. The Hall–Kier alpha value is -4.13. The van der Waals surface area contributed by atoms with Crippen molar-refractivity contribution in [2.45, 2.75) is 0 Å². The van der Waals surface area contributed by atoms with Gasteiger partial charge < -0.3 is 9.80 Å². The molecule has 0 atom stereocenters. The number of halogens is 2. The van der Waals surface area contributed by atoms with E-state index in [4.69, 9.17) is 28.2 Å². The predicted molar refractivity (Wildman–Crippen MR) is 159 cm³/mol. The number of nitrogens with zero attached hydrogens (tertiary/aromatic N) is 5. The molecule has 0 aliphatic carbocycles. The van der Waals surface area contributed by atoms with Gasteiger partial charge in [-0.1, -0.05) is 77.8 Å². The van der Waals surface area contributed by atoms with Gasteiger partial charge in [0.05, 0.1) is 16.1 Å². The van der Waals surface area contributed by atoms with Crippen molar-refractivity contribution in [3.63, 3.8) is 0 Å². The van der Waals surface area contributed by atoms with Gasteiger partial charge in [0.15, 0.2) is 5.65 Å². The lowest BCUT2D eigenvalue weighted by Gasteiger charge is -2.35. The van der Waals surface area contributed by atoms with E-state index in [0.717, 1.165) is 39.2 Å². The van der Waals surface area contributed by atoms with E-state index >= 15 is 0 Å². The molecule has 0 radical (unpaired) electrons. The summed E-state index contributed by atoms with van der Waals surface area (Å²) in [6.07, 6.45) is 7.13. The van der Waals surface area contributed by atoms with Crippen LogP contribution in [-0.2, 0) is 4.79 Å². The number of rotatable bonds is 5. The van der Waals surface area contributed by atoms with Gasteiger partial charge in [-0.25, -0.2) is 9.97 Å². The minimum atomic E-state index is -0.00715. The average molecular weight is 554 g/mol. The summed E-state index contributed by atoms with van der Waals surface area (Å²) in [7, 11) is 0. The molecule has 194 valence electrons. The first kappa shape index (κ1) is 25.2. The first-order chi connectivity index (χ1) is 19.1. The van der Waals surface area contributed by atoms with Crippen LogP contribution in [0.4, 0.5) is 5.82 Å². The maximum atomic E-state index is 12.9. The zero-order chi connectivity index (χ0) is 26.8. The summed E-state index contributed by atoms with van der Waals surface area (Å²) in [5, 5.41) is 2.28. The molecule has 6 nitrogen and oxygen atoms in total. The third-order valence-corrected chi connectivity index (χ3v) is 7.51. The van der Waals surface area contributed by atoms with Crippen LogP contribution in [0.25, 0.3) is 33.9 Å². The number of para-hydroxylation sites is 1. The Balaban J connectivity index is 1.30. The molecule has 1 saturated heterocycles. The van der Waals surface area contributed by atoms with E-state index in [-0.39, 0.29) is 5.91 Å². The number of fused-ring (bicyclic) bond motifs is 1. The highest BCUT2D eigenvalue weighted by Crippen LogP contribution is 2.38. The smallest absolute Gasteiger partial charge is 0.246 e. The number of hydrogen-bond donors (Lipinski definition) is 0. The summed E-state index contributed by atoms with van der Waals surface area (Å²) in [4.78, 5) is 26.4. The normalized spacial score (nSPS) is 13.9. The van der Waals surface area contributed by atoms with Crippen LogP contribution in [0, 0.1) is 0 Å². The fourth-order valence-electron chi connectivity index (χ4n) is 4.94. The summed E-state index contributed by atoms with van der Waals surface area (Å²) < 4.78 is 2.03. The molecule has 0 bridgehead atoms. The molecule has 5 aromatic rings. The molecule has 1 amide bonds. The molecule has 1 aliphatic rings. The zero-order valence-electron chi connectivity index (χ0n) is 21.0. The molecule has 3 aromatic carbocycles. The number of carbonyl (C=O) groups is 1. The van der Waals surface area contributed by atoms with Gasteiger partial charge >= 0.3 is 0 Å². The number of amides is 1. The third kappa shape index (κ3) is 5.13. The highest BCUT2D eigenvalue weighted by Gasteiger charge is 2.25. The second-order valence-corrected chi connectivity index (χ2v) is 10.2. The van der Waals surface area contributed by atoms with Gasteiger partial charge in [0.1, 0.15) is 12.1 Å². The summed E-state index contributed by atoms with van der Waals surface area (Å²) >= 11 is 12.6. The van der Waals surface area contributed by atoms with E-state index in [2.05, 4.69) is 28.2 Å². The standard InChI is InChI=1S/C31H25Cl2N5O/c32-24-13-10-22(11-14-24)12-15-28(39)36-16-18-37(19-17-36)30-29-25(23-6-2-1-3-7-23)20-38(31(29)35-21-34-30)27-9-5-4-8-26(27)33/h1-15,20-21H,16-19H2/b15-12+. The number of carbonyl (C=O) groups excluding carboxylic acids is 1. The molecule has 6 rings (SSSR count). The van der Waals surface area contributed by atoms with Crippen LogP contribution in [0.5, 0.6) is 0 Å². The molecule has 0 unspecified atom stereocenters. The number of hydrogen-bond acceptors (Lipinski definition) is 4. The van der Waals surface area contributed by atoms with Gasteiger partial charge in [0, 0.05) is 49.0 Å². The Morgan fingerprint density at radius 3 is 2.28 bits per heavy atom. The molecule has 8 heteroatoms. The van der Waals surface area contributed by atoms with Crippen molar-refractivity contribution < 1.29 is 4.79 Å². The lowest BCUT2D eigenvalue weighted by atomic mass is 10.1. The van der Waals surface area contributed by atoms with Crippen LogP contribution in [0.15, 0.2) is 97.5 Å². The maximum absolute atomic E-state index is 12.9. The molecule has 1 fully saturated rings. The van der Waals surface area contributed by atoms with Crippen LogP contribution in [0.1, 0.15) is 5.56 Å². The molecule has 1 aliphatic heterocycles. The topological polar surface area (TPSA) is 54.3 Å². The molecule has 0 N–H and O–H groups in total. The third-order valence-electron chi connectivity index (χ3n) is 6.94. The predicted octanol–water partition coefficient (Wildman–Crippen LogP) is 6.76. The second kappa shape index (κ2) is 10.9. The van der Waals surface area contributed by atoms with E-state index < -0.39 is 0 Å². The lowest BCUT2D eigenvalue weighted by molar-refractivity contribution is -0.126. The van der Waals surface area contributed by atoms with Gasteiger partial charge in [0.25, 0.3) is 0 Å². The van der Waals surface area contributed by atoms with Gasteiger partial charge in [-0.15, -0.1) is 0 Å². The quantitative estimate of drug-likeness (QED) is 0.226. The first-order valence-corrected chi connectivity index (χ1v) is 13.5. The van der Waals surface area contributed by atoms with Crippen LogP contribution in [0.2, 0.25) is 10.0 Å². The fraction of sp³-hybridized carbons (Fsp3) is 0.129. The highest BCUT2D eigenvalue weighted by atomic mass is 35.5. The first-order valence-electron chi connectivity index (χ1n) is 12.7. The van der Waals surface area contributed by atoms with E-state index in [1.165, 1.54) is 0 Å². The molecule has 2 aromatic heterocycles. The molecule has 39 heavy (non-hydrogen) atoms. The van der Waals surface area contributed by atoms with Crippen molar-refractivity contribution in [3.05, 3.63) is 113 Å². The summed E-state index contributed by atoms with van der Waals surface area (Å²) in [6, 6.07) is 25.4. The Morgan fingerprint density at radius 1 is 0.821 bits per heavy atom. The van der Waals surface area contributed by atoms with Crippen molar-refractivity contribution in [2.24, 2.45) is 0 Å². The van der Waals surface area contributed by atoms with Crippen molar-refractivity contribution in [1.82, 2.24) is 19.4 Å². The lowest BCUT2D eigenvalue weighted by Crippen LogP contribution is -2.48. The number of aromatic nitrogens is 3. The van der Waals surface area contributed by atoms with E-state index in [1.807, 2.05) is 82.3 Å². The number of anilines is 1. The van der Waals surface area contributed by atoms with E-state index in [1.54, 1.807) is 12.4 Å². The van der Waals surface area contributed by atoms with Gasteiger partial charge in [0.2, 0.25) is 5.91 Å². The van der Waals surface area contributed by atoms with Gasteiger partial charge in [-0.3, -0.25) is 9.36 Å². The Bertz CT molecular complexity index is 1660. The van der Waals surface area contributed by atoms with E-state index in [0.29, 0.717) is 36.2 Å². The molecular weight excluding hydrogens is 529 g/mol. The largest absolute Gasteiger partial charge is 0.352 e. The number of piperazine rings is 1. The minimum Gasteiger partial charge on any atom is -0.352 e. The van der Waals surface area contributed by atoms with Crippen LogP contribution >= 0.6 is 23.2 Å². The summed E-state index contributed by atoms with van der Waals surface area (Å²) in [5.41, 5.74) is 4.69. The highest BCUT2D eigenvalue weighted by molar-refractivity contribution is 6.32. The van der Waals surface area contributed by atoms with Crippen molar-refractivity contribution >= 4 is 52.0 Å². The second-order valence-electron chi connectivity index (χ2n) is 9.32. The van der Waals surface area contributed by atoms with Crippen LogP contribution < -0.4 is 4.90 Å². The maximum Gasteiger partial charge on any atom is 0.246 e. The van der Waals surface area contributed by atoms with Crippen molar-refractivity contribution in [3.8, 4) is 16.8 Å². The Morgan fingerprint density at radius 2 is 1.54 bits per heavy atom. The summed E-state index contributed by atoms with van der Waals surface area (Å²) in [6.45, 7) is 2.53. The van der Waals surface area contributed by atoms with Gasteiger partial charge in [-0.2, -0.15) is 0 Å². The molecule has 3 heterocycles.